The van der Waals surface area contributed by atoms with Crippen molar-refractivity contribution < 1.29 is 14.3 Å². The fourth-order valence-electron chi connectivity index (χ4n) is 3.27. The highest BCUT2D eigenvalue weighted by Gasteiger charge is 2.29. The molecule has 10 heteroatoms. The number of rotatable bonds is 6. The van der Waals surface area contributed by atoms with E-state index in [0.29, 0.717) is 49.1 Å². The van der Waals surface area contributed by atoms with E-state index >= 15 is 0 Å². The average molecular weight is 421 g/mol. The molecule has 0 bridgehead atoms. The number of amides is 2. The quantitative estimate of drug-likeness (QED) is 0.715. The molecule has 1 saturated carbocycles. The molecule has 2 aromatic rings. The van der Waals surface area contributed by atoms with E-state index < -0.39 is 6.04 Å². The molecule has 2 aromatic heterocycles. The standard InChI is InChI=1S/C21H23N7O3/c1-13(21(30)28-4-6-31-7-5-28)26-16-8-15(10-23-17(16)9-22)18-11-25-19(12-24-18)27-20(29)14-2-3-14/h8,10-14,26H,2-7H2,1H3,(H,25,27,29). The van der Waals surface area contributed by atoms with Gasteiger partial charge < -0.3 is 20.3 Å². The Balaban J connectivity index is 1.48. The molecule has 2 aliphatic rings. The molecular formula is C21H23N7O3. The van der Waals surface area contributed by atoms with Gasteiger partial charge in [-0.1, -0.05) is 0 Å². The summed E-state index contributed by atoms with van der Waals surface area (Å²) in [6.07, 6.45) is 6.39. The summed E-state index contributed by atoms with van der Waals surface area (Å²) in [5, 5.41) is 15.3. The first-order valence-electron chi connectivity index (χ1n) is 10.2. The summed E-state index contributed by atoms with van der Waals surface area (Å²) in [6, 6.07) is 3.23. The number of carbonyl (C=O) groups excluding carboxylic acids is 2. The van der Waals surface area contributed by atoms with Crippen LogP contribution in [-0.4, -0.2) is 64.0 Å². The third kappa shape index (κ3) is 4.95. The number of carbonyl (C=O) groups is 2. The first-order valence-corrected chi connectivity index (χ1v) is 10.2. The van der Waals surface area contributed by atoms with Crippen LogP contribution in [0.4, 0.5) is 11.5 Å². The highest BCUT2D eigenvalue weighted by atomic mass is 16.5. The molecule has 160 valence electrons. The van der Waals surface area contributed by atoms with Crippen molar-refractivity contribution >= 4 is 23.3 Å². The summed E-state index contributed by atoms with van der Waals surface area (Å²) in [5.41, 5.74) is 1.81. The average Bonchev–Trinajstić information content (AvgIpc) is 3.65. The zero-order valence-corrected chi connectivity index (χ0v) is 17.2. The number of nitriles is 1. The lowest BCUT2D eigenvalue weighted by atomic mass is 10.1. The van der Waals surface area contributed by atoms with Crippen molar-refractivity contribution in [1.29, 1.82) is 5.26 Å². The molecule has 1 saturated heterocycles. The first kappa shape index (κ1) is 20.7. The molecule has 31 heavy (non-hydrogen) atoms. The minimum Gasteiger partial charge on any atom is -0.378 e. The van der Waals surface area contributed by atoms with Crippen molar-refractivity contribution in [2.24, 2.45) is 5.92 Å². The number of nitrogens with one attached hydrogen (secondary N) is 2. The van der Waals surface area contributed by atoms with E-state index in [1.807, 2.05) is 6.07 Å². The fraction of sp³-hybridized carbons (Fsp3) is 0.429. The van der Waals surface area contributed by atoms with Crippen LogP contribution in [0.15, 0.2) is 24.7 Å². The van der Waals surface area contributed by atoms with Crippen molar-refractivity contribution in [1.82, 2.24) is 19.9 Å². The van der Waals surface area contributed by atoms with Crippen LogP contribution in [0.5, 0.6) is 0 Å². The van der Waals surface area contributed by atoms with Crippen LogP contribution < -0.4 is 10.6 Å². The second-order valence-corrected chi connectivity index (χ2v) is 7.59. The smallest absolute Gasteiger partial charge is 0.244 e. The number of ether oxygens (including phenoxy) is 1. The minimum atomic E-state index is -0.534. The molecule has 3 heterocycles. The summed E-state index contributed by atoms with van der Waals surface area (Å²) in [4.78, 5) is 39.1. The Bertz CT molecular complexity index is 1010. The zero-order chi connectivity index (χ0) is 21.8. The molecule has 1 atom stereocenters. The second kappa shape index (κ2) is 9.06. The van der Waals surface area contributed by atoms with Crippen molar-refractivity contribution in [3.8, 4) is 17.3 Å². The SMILES string of the molecule is CC(Nc1cc(-c2cnc(NC(=O)C3CC3)cn2)cnc1C#N)C(=O)N1CCOCC1. The van der Waals surface area contributed by atoms with Gasteiger partial charge in [-0.25, -0.2) is 9.97 Å². The first-order chi connectivity index (χ1) is 15.0. The van der Waals surface area contributed by atoms with E-state index in [1.165, 1.54) is 18.6 Å². The van der Waals surface area contributed by atoms with Gasteiger partial charge in [0.1, 0.15) is 12.1 Å². The molecular weight excluding hydrogens is 398 g/mol. The second-order valence-electron chi connectivity index (χ2n) is 7.59. The third-order valence-electron chi connectivity index (χ3n) is 5.21. The maximum atomic E-state index is 12.7. The van der Waals surface area contributed by atoms with Gasteiger partial charge in [-0.2, -0.15) is 5.26 Å². The van der Waals surface area contributed by atoms with E-state index in [-0.39, 0.29) is 23.4 Å². The number of aromatic nitrogens is 3. The van der Waals surface area contributed by atoms with Gasteiger partial charge in [-0.05, 0) is 25.8 Å². The van der Waals surface area contributed by atoms with Crippen molar-refractivity contribution in [3.05, 3.63) is 30.4 Å². The van der Waals surface area contributed by atoms with Crippen LogP contribution in [0.3, 0.4) is 0 Å². The highest BCUT2D eigenvalue weighted by molar-refractivity contribution is 5.93. The van der Waals surface area contributed by atoms with Gasteiger partial charge in [-0.15, -0.1) is 0 Å². The molecule has 0 aromatic carbocycles. The molecule has 4 rings (SSSR count). The Morgan fingerprint density at radius 2 is 1.97 bits per heavy atom. The van der Waals surface area contributed by atoms with Crippen molar-refractivity contribution in [2.75, 3.05) is 36.9 Å². The van der Waals surface area contributed by atoms with Crippen LogP contribution in [0.2, 0.25) is 0 Å². The van der Waals surface area contributed by atoms with Crippen LogP contribution in [0.25, 0.3) is 11.3 Å². The largest absolute Gasteiger partial charge is 0.378 e. The number of pyridine rings is 1. The third-order valence-corrected chi connectivity index (χ3v) is 5.21. The molecule has 1 unspecified atom stereocenters. The van der Waals surface area contributed by atoms with Crippen molar-refractivity contribution in [2.45, 2.75) is 25.8 Å². The predicted molar refractivity (Wildman–Crippen MR) is 112 cm³/mol. The Hall–Kier alpha value is -3.58. The zero-order valence-electron chi connectivity index (χ0n) is 17.2. The Labute approximate surface area is 179 Å². The summed E-state index contributed by atoms with van der Waals surface area (Å²) in [5.74, 6) is 0.381. The lowest BCUT2D eigenvalue weighted by Crippen LogP contribution is -2.47. The Morgan fingerprint density at radius 3 is 2.61 bits per heavy atom. The molecule has 1 aliphatic heterocycles. The molecule has 2 N–H and O–H groups in total. The van der Waals surface area contributed by atoms with E-state index in [2.05, 4.69) is 25.6 Å². The highest BCUT2D eigenvalue weighted by Crippen LogP contribution is 2.30. The number of morpholine rings is 1. The summed E-state index contributed by atoms with van der Waals surface area (Å²) in [6.45, 7) is 3.90. The molecule has 1 aliphatic carbocycles. The normalized spacial score (nSPS) is 16.8. The number of anilines is 2. The van der Waals surface area contributed by atoms with Gasteiger partial charge in [0.15, 0.2) is 11.5 Å². The maximum Gasteiger partial charge on any atom is 0.244 e. The van der Waals surface area contributed by atoms with Gasteiger partial charge in [0.05, 0.1) is 37.0 Å². The van der Waals surface area contributed by atoms with E-state index in [1.54, 1.807) is 17.9 Å². The summed E-state index contributed by atoms with van der Waals surface area (Å²) >= 11 is 0. The van der Waals surface area contributed by atoms with E-state index in [4.69, 9.17) is 4.74 Å². The summed E-state index contributed by atoms with van der Waals surface area (Å²) in [7, 11) is 0. The molecule has 2 amide bonds. The van der Waals surface area contributed by atoms with Crippen LogP contribution in [-0.2, 0) is 14.3 Å². The van der Waals surface area contributed by atoms with Gasteiger partial charge in [0.25, 0.3) is 0 Å². The van der Waals surface area contributed by atoms with Gasteiger partial charge >= 0.3 is 0 Å². The van der Waals surface area contributed by atoms with Crippen LogP contribution in [0, 0.1) is 17.2 Å². The monoisotopic (exact) mass is 421 g/mol. The number of hydrogen-bond donors (Lipinski definition) is 2. The predicted octanol–water partition coefficient (Wildman–Crippen LogP) is 1.42. The number of hydrogen-bond acceptors (Lipinski definition) is 8. The topological polar surface area (TPSA) is 133 Å². The van der Waals surface area contributed by atoms with Gasteiger partial charge in [0, 0.05) is 30.8 Å². The summed E-state index contributed by atoms with van der Waals surface area (Å²) < 4.78 is 5.29. The van der Waals surface area contributed by atoms with Crippen LogP contribution in [0.1, 0.15) is 25.5 Å². The Kier molecular flexibility index (Phi) is 6.04. The van der Waals surface area contributed by atoms with Gasteiger partial charge in [-0.3, -0.25) is 14.6 Å². The van der Waals surface area contributed by atoms with E-state index in [9.17, 15) is 14.9 Å². The lowest BCUT2D eigenvalue weighted by Gasteiger charge is -2.29. The Morgan fingerprint density at radius 1 is 1.19 bits per heavy atom. The fourth-order valence-corrected chi connectivity index (χ4v) is 3.27. The van der Waals surface area contributed by atoms with Gasteiger partial charge in [0.2, 0.25) is 11.8 Å². The van der Waals surface area contributed by atoms with Crippen LogP contribution >= 0.6 is 0 Å². The minimum absolute atomic E-state index is 0.0347. The lowest BCUT2D eigenvalue weighted by molar-refractivity contribution is -0.135. The molecule has 0 radical (unpaired) electrons. The molecule has 0 spiro atoms. The molecule has 2 fully saturated rings. The van der Waals surface area contributed by atoms with E-state index in [0.717, 1.165) is 12.8 Å². The molecule has 10 nitrogen and oxygen atoms in total. The van der Waals surface area contributed by atoms with Crippen molar-refractivity contribution in [3.63, 3.8) is 0 Å². The maximum absolute atomic E-state index is 12.7. The number of nitrogens with zero attached hydrogens (tertiary/aromatic N) is 5.